The molecule has 1 aliphatic rings. The molecule has 0 bridgehead atoms. The van der Waals surface area contributed by atoms with E-state index in [1.54, 1.807) is 0 Å². The molecule has 1 amide bonds. The lowest BCUT2D eigenvalue weighted by Gasteiger charge is -2.13. The molecule has 0 spiro atoms. The Labute approximate surface area is 133 Å². The molecule has 0 saturated carbocycles. The molecule has 1 aliphatic carbocycles. The van der Waals surface area contributed by atoms with Gasteiger partial charge in [-0.3, -0.25) is 4.79 Å². The maximum atomic E-state index is 11.7. The summed E-state index contributed by atoms with van der Waals surface area (Å²) in [6.45, 7) is 0.791. The molecule has 20 heavy (non-hydrogen) atoms. The van der Waals surface area contributed by atoms with E-state index in [1.807, 2.05) is 24.3 Å². The molecule has 0 atom stereocenters. The summed E-state index contributed by atoms with van der Waals surface area (Å²) in [6.07, 6.45) is 8.26. The van der Waals surface area contributed by atoms with Gasteiger partial charge in [-0.2, -0.15) is 0 Å². The number of halogens is 1. The predicted molar refractivity (Wildman–Crippen MR) is 88.8 cm³/mol. The molecule has 108 valence electrons. The predicted octanol–water partition coefficient (Wildman–Crippen LogP) is 3.68. The highest BCUT2D eigenvalue weighted by Crippen LogP contribution is 2.20. The minimum Gasteiger partial charge on any atom is -0.483 e. The summed E-state index contributed by atoms with van der Waals surface area (Å²) >= 11 is 2.20. The lowest BCUT2D eigenvalue weighted by atomic mass is 9.97. The number of allylic oxidation sites excluding steroid dienone is 1. The Bertz CT molecular complexity index is 485. The maximum Gasteiger partial charge on any atom is 0.257 e. The van der Waals surface area contributed by atoms with Crippen molar-refractivity contribution in [3.63, 3.8) is 0 Å². The van der Waals surface area contributed by atoms with Crippen molar-refractivity contribution in [2.24, 2.45) is 0 Å². The summed E-state index contributed by atoms with van der Waals surface area (Å²) in [5.74, 6) is 0.708. The third-order valence-corrected chi connectivity index (χ3v) is 4.24. The Balaban J connectivity index is 1.65. The number of amides is 1. The molecule has 0 radical (unpaired) electrons. The van der Waals surface area contributed by atoms with Crippen LogP contribution in [0.2, 0.25) is 0 Å². The van der Waals surface area contributed by atoms with E-state index in [1.165, 1.54) is 31.3 Å². The van der Waals surface area contributed by atoms with Gasteiger partial charge in [0.2, 0.25) is 0 Å². The van der Waals surface area contributed by atoms with Gasteiger partial charge in [0.05, 0.1) is 3.57 Å². The molecule has 0 aromatic heterocycles. The summed E-state index contributed by atoms with van der Waals surface area (Å²) in [6, 6.07) is 7.70. The summed E-state index contributed by atoms with van der Waals surface area (Å²) in [5, 5.41) is 2.91. The standard InChI is InChI=1S/C16H20INO2/c17-14-8-4-5-9-15(14)20-12-16(19)18-11-10-13-6-2-1-3-7-13/h4-6,8-9H,1-3,7,10-12H2,(H,18,19). The minimum absolute atomic E-state index is 0.0546. The van der Waals surface area contributed by atoms with Crippen LogP contribution in [0.5, 0.6) is 5.75 Å². The zero-order chi connectivity index (χ0) is 14.2. The van der Waals surface area contributed by atoms with Crippen LogP contribution in [-0.2, 0) is 4.79 Å². The average Bonchev–Trinajstić information content (AvgIpc) is 2.47. The zero-order valence-electron chi connectivity index (χ0n) is 11.5. The topological polar surface area (TPSA) is 38.3 Å². The first-order chi connectivity index (χ1) is 9.75. The van der Waals surface area contributed by atoms with Crippen LogP contribution in [0.25, 0.3) is 0 Å². The first kappa shape index (κ1) is 15.4. The quantitative estimate of drug-likeness (QED) is 0.600. The largest absolute Gasteiger partial charge is 0.483 e. The highest BCUT2D eigenvalue weighted by Gasteiger charge is 2.06. The molecule has 0 heterocycles. The van der Waals surface area contributed by atoms with E-state index in [4.69, 9.17) is 4.74 Å². The SMILES string of the molecule is O=C(COc1ccccc1I)NCCC1=CCCCC1. The van der Waals surface area contributed by atoms with Crippen LogP contribution in [0.15, 0.2) is 35.9 Å². The van der Waals surface area contributed by atoms with Gasteiger partial charge in [-0.15, -0.1) is 0 Å². The van der Waals surface area contributed by atoms with E-state index in [-0.39, 0.29) is 12.5 Å². The normalized spacial score (nSPS) is 14.6. The van der Waals surface area contributed by atoms with Gasteiger partial charge in [0.1, 0.15) is 5.75 Å². The number of rotatable bonds is 6. The van der Waals surface area contributed by atoms with Crippen LogP contribution in [-0.4, -0.2) is 19.1 Å². The number of benzene rings is 1. The first-order valence-electron chi connectivity index (χ1n) is 7.07. The Morgan fingerprint density at radius 1 is 1.30 bits per heavy atom. The molecule has 3 nitrogen and oxygen atoms in total. The molecular weight excluding hydrogens is 365 g/mol. The van der Waals surface area contributed by atoms with Crippen LogP contribution >= 0.6 is 22.6 Å². The van der Waals surface area contributed by atoms with E-state index in [0.717, 1.165) is 15.7 Å². The minimum atomic E-state index is -0.0546. The Hall–Kier alpha value is -1.04. The molecule has 0 aliphatic heterocycles. The second-order valence-corrected chi connectivity index (χ2v) is 6.09. The van der Waals surface area contributed by atoms with Crippen LogP contribution < -0.4 is 10.1 Å². The molecule has 4 heteroatoms. The number of hydrogen-bond acceptors (Lipinski definition) is 2. The van der Waals surface area contributed by atoms with E-state index in [0.29, 0.717) is 6.54 Å². The second kappa shape index (κ2) is 8.29. The molecule has 1 aromatic rings. The lowest BCUT2D eigenvalue weighted by molar-refractivity contribution is -0.123. The molecular formula is C16H20INO2. The van der Waals surface area contributed by atoms with Crippen molar-refractivity contribution in [2.75, 3.05) is 13.2 Å². The third kappa shape index (κ3) is 5.15. The van der Waals surface area contributed by atoms with E-state index < -0.39 is 0 Å². The van der Waals surface area contributed by atoms with Gasteiger partial charge in [0.25, 0.3) is 5.91 Å². The molecule has 0 fully saturated rings. The van der Waals surface area contributed by atoms with E-state index in [9.17, 15) is 4.79 Å². The number of nitrogens with one attached hydrogen (secondary N) is 1. The van der Waals surface area contributed by atoms with Gasteiger partial charge in [-0.05, 0) is 66.8 Å². The maximum absolute atomic E-state index is 11.7. The van der Waals surface area contributed by atoms with E-state index in [2.05, 4.69) is 34.0 Å². The Morgan fingerprint density at radius 3 is 2.90 bits per heavy atom. The average molecular weight is 385 g/mol. The second-order valence-electron chi connectivity index (χ2n) is 4.93. The van der Waals surface area contributed by atoms with Gasteiger partial charge in [0, 0.05) is 6.54 Å². The van der Waals surface area contributed by atoms with Crippen LogP contribution in [0.1, 0.15) is 32.1 Å². The highest BCUT2D eigenvalue weighted by molar-refractivity contribution is 14.1. The van der Waals surface area contributed by atoms with Gasteiger partial charge in [0.15, 0.2) is 6.61 Å². The molecule has 2 rings (SSSR count). The summed E-state index contributed by atoms with van der Waals surface area (Å²) in [7, 11) is 0. The van der Waals surface area contributed by atoms with Crippen molar-refractivity contribution in [1.29, 1.82) is 0 Å². The number of hydrogen-bond donors (Lipinski definition) is 1. The Morgan fingerprint density at radius 2 is 2.15 bits per heavy atom. The van der Waals surface area contributed by atoms with Crippen LogP contribution in [0.4, 0.5) is 0 Å². The number of carbonyl (C=O) groups is 1. The summed E-state index contributed by atoms with van der Waals surface area (Å²) < 4.78 is 6.53. The fraction of sp³-hybridized carbons (Fsp3) is 0.438. The molecule has 1 N–H and O–H groups in total. The highest BCUT2D eigenvalue weighted by atomic mass is 127. The van der Waals surface area contributed by atoms with Gasteiger partial charge in [-0.25, -0.2) is 0 Å². The van der Waals surface area contributed by atoms with Crippen LogP contribution in [0.3, 0.4) is 0 Å². The zero-order valence-corrected chi connectivity index (χ0v) is 13.7. The first-order valence-corrected chi connectivity index (χ1v) is 8.15. The monoisotopic (exact) mass is 385 g/mol. The third-order valence-electron chi connectivity index (χ3n) is 3.35. The van der Waals surface area contributed by atoms with Gasteiger partial charge < -0.3 is 10.1 Å². The number of para-hydroxylation sites is 1. The molecule has 0 unspecified atom stereocenters. The van der Waals surface area contributed by atoms with Crippen molar-refractivity contribution in [3.8, 4) is 5.75 Å². The Kier molecular flexibility index (Phi) is 6.36. The molecule has 0 saturated heterocycles. The van der Waals surface area contributed by atoms with Crippen molar-refractivity contribution in [3.05, 3.63) is 39.5 Å². The van der Waals surface area contributed by atoms with E-state index >= 15 is 0 Å². The van der Waals surface area contributed by atoms with Crippen molar-refractivity contribution in [1.82, 2.24) is 5.32 Å². The van der Waals surface area contributed by atoms with Crippen LogP contribution in [0, 0.1) is 3.57 Å². The van der Waals surface area contributed by atoms with Crippen molar-refractivity contribution >= 4 is 28.5 Å². The fourth-order valence-corrected chi connectivity index (χ4v) is 2.79. The fourth-order valence-electron chi connectivity index (χ4n) is 2.25. The number of ether oxygens (including phenoxy) is 1. The molecule has 1 aromatic carbocycles. The van der Waals surface area contributed by atoms with Gasteiger partial charge >= 0.3 is 0 Å². The lowest BCUT2D eigenvalue weighted by Crippen LogP contribution is -2.30. The van der Waals surface area contributed by atoms with Gasteiger partial charge in [-0.1, -0.05) is 23.8 Å². The van der Waals surface area contributed by atoms with Crippen molar-refractivity contribution < 1.29 is 9.53 Å². The van der Waals surface area contributed by atoms with Crippen molar-refractivity contribution in [2.45, 2.75) is 32.1 Å². The summed E-state index contributed by atoms with van der Waals surface area (Å²) in [4.78, 5) is 11.7. The number of carbonyl (C=O) groups excluding carboxylic acids is 1. The summed E-state index contributed by atoms with van der Waals surface area (Å²) in [5.41, 5.74) is 1.48. The smallest absolute Gasteiger partial charge is 0.257 e.